The summed E-state index contributed by atoms with van der Waals surface area (Å²) in [7, 11) is -0.626. The zero-order chi connectivity index (χ0) is 19.7. The van der Waals surface area contributed by atoms with E-state index in [2.05, 4.69) is 0 Å². The summed E-state index contributed by atoms with van der Waals surface area (Å²) in [6.45, 7) is 0.0670. The van der Waals surface area contributed by atoms with Crippen molar-refractivity contribution in [2.75, 3.05) is 6.61 Å². The number of aliphatic hydroxyl groups excluding tert-OH is 1. The SMILES string of the molecule is C[C@]1(F)[C@H](n2ccc(=O)[nH]c2=O)O[C@](F)(COPOc2ccccc2)[C@H]1O. The van der Waals surface area contributed by atoms with E-state index in [9.17, 15) is 23.5 Å². The number of hydrogen-bond donors (Lipinski definition) is 2. The number of ether oxygens (including phenoxy) is 1. The third kappa shape index (κ3) is 3.93. The first kappa shape index (κ1) is 19.6. The minimum Gasteiger partial charge on any atom is -0.450 e. The molecule has 2 heterocycles. The molecule has 1 unspecified atom stereocenters. The maximum Gasteiger partial charge on any atom is 0.330 e. The van der Waals surface area contributed by atoms with E-state index < -0.39 is 50.7 Å². The van der Waals surface area contributed by atoms with E-state index in [0.717, 1.165) is 19.2 Å². The Morgan fingerprint density at radius 2 is 2.00 bits per heavy atom. The van der Waals surface area contributed by atoms with Crippen molar-refractivity contribution >= 4 is 9.03 Å². The molecule has 0 spiro atoms. The predicted molar refractivity (Wildman–Crippen MR) is 92.1 cm³/mol. The average molecular weight is 402 g/mol. The number of H-pyrrole nitrogens is 1. The van der Waals surface area contributed by atoms with Crippen LogP contribution < -0.4 is 15.8 Å². The zero-order valence-electron chi connectivity index (χ0n) is 14.1. The summed E-state index contributed by atoms with van der Waals surface area (Å²) in [6, 6.07) is 9.55. The van der Waals surface area contributed by atoms with Gasteiger partial charge in [0.25, 0.3) is 11.4 Å². The highest BCUT2D eigenvalue weighted by Gasteiger charge is 2.64. The lowest BCUT2D eigenvalue weighted by Gasteiger charge is -2.25. The van der Waals surface area contributed by atoms with Gasteiger partial charge in [0.1, 0.15) is 12.4 Å². The first-order valence-corrected chi connectivity index (χ1v) is 8.69. The molecule has 0 radical (unpaired) electrons. The Kier molecular flexibility index (Phi) is 5.43. The van der Waals surface area contributed by atoms with Crippen LogP contribution in [0, 0.1) is 0 Å². The van der Waals surface area contributed by atoms with Crippen LogP contribution in [0.25, 0.3) is 0 Å². The Bertz CT molecular complexity index is 906. The molecule has 1 saturated heterocycles. The average Bonchev–Trinajstić information content (AvgIpc) is 2.81. The molecule has 2 aromatic rings. The zero-order valence-corrected chi connectivity index (χ0v) is 15.1. The van der Waals surface area contributed by atoms with Gasteiger partial charge in [0.15, 0.2) is 18.0 Å². The molecule has 1 aromatic heterocycles. The maximum atomic E-state index is 15.0. The number of nitrogens with zero attached hydrogens (tertiary/aromatic N) is 1. The molecule has 3 rings (SSSR count). The second kappa shape index (κ2) is 7.47. The van der Waals surface area contributed by atoms with E-state index in [1.807, 2.05) is 4.98 Å². The quantitative estimate of drug-likeness (QED) is 0.560. The van der Waals surface area contributed by atoms with Gasteiger partial charge in [0.2, 0.25) is 9.03 Å². The fourth-order valence-corrected chi connectivity index (χ4v) is 3.22. The van der Waals surface area contributed by atoms with Gasteiger partial charge in [-0.3, -0.25) is 14.3 Å². The summed E-state index contributed by atoms with van der Waals surface area (Å²) < 4.78 is 45.9. The van der Waals surface area contributed by atoms with Crippen LogP contribution in [-0.2, 0) is 9.26 Å². The number of benzene rings is 1. The second-order valence-electron chi connectivity index (χ2n) is 6.11. The van der Waals surface area contributed by atoms with Gasteiger partial charge in [-0.1, -0.05) is 18.2 Å². The van der Waals surface area contributed by atoms with E-state index in [1.165, 1.54) is 0 Å². The van der Waals surface area contributed by atoms with Crippen LogP contribution in [0.15, 0.2) is 52.2 Å². The molecule has 2 N–H and O–H groups in total. The number of alkyl halides is 2. The summed E-state index contributed by atoms with van der Waals surface area (Å²) in [6.07, 6.45) is -3.08. The minimum absolute atomic E-state index is 0.490. The molecule has 1 aromatic carbocycles. The number of aromatic nitrogens is 2. The van der Waals surface area contributed by atoms with Crippen molar-refractivity contribution in [3.05, 3.63) is 63.4 Å². The lowest BCUT2D eigenvalue weighted by molar-refractivity contribution is -0.202. The summed E-state index contributed by atoms with van der Waals surface area (Å²) in [4.78, 5) is 24.9. The number of halogens is 2. The highest BCUT2D eigenvalue weighted by molar-refractivity contribution is 7.26. The lowest BCUT2D eigenvalue weighted by atomic mass is 9.97. The molecular weight excluding hydrogens is 385 g/mol. The number of aromatic amines is 1. The highest BCUT2D eigenvalue weighted by atomic mass is 31.1. The van der Waals surface area contributed by atoms with Gasteiger partial charge in [0.05, 0.1) is 0 Å². The van der Waals surface area contributed by atoms with Crippen LogP contribution in [0.2, 0.25) is 0 Å². The fraction of sp³-hybridized carbons (Fsp3) is 0.375. The molecule has 27 heavy (non-hydrogen) atoms. The Morgan fingerprint density at radius 1 is 1.30 bits per heavy atom. The molecule has 5 atom stereocenters. The van der Waals surface area contributed by atoms with Gasteiger partial charge >= 0.3 is 5.69 Å². The number of hydrogen-bond acceptors (Lipinski definition) is 6. The van der Waals surface area contributed by atoms with Crippen molar-refractivity contribution in [3.63, 3.8) is 0 Å². The summed E-state index contributed by atoms with van der Waals surface area (Å²) in [5.41, 5.74) is -4.36. The van der Waals surface area contributed by atoms with Gasteiger partial charge in [-0.25, -0.2) is 13.6 Å². The van der Waals surface area contributed by atoms with Gasteiger partial charge < -0.3 is 18.9 Å². The van der Waals surface area contributed by atoms with E-state index in [0.29, 0.717) is 10.3 Å². The van der Waals surface area contributed by atoms with E-state index >= 15 is 0 Å². The molecule has 11 heteroatoms. The predicted octanol–water partition coefficient (Wildman–Crippen LogP) is 1.42. The van der Waals surface area contributed by atoms with E-state index in [4.69, 9.17) is 13.8 Å². The topological polar surface area (TPSA) is 103 Å². The van der Waals surface area contributed by atoms with Crippen molar-refractivity contribution in [1.29, 1.82) is 0 Å². The monoisotopic (exact) mass is 402 g/mol. The molecule has 0 bridgehead atoms. The smallest absolute Gasteiger partial charge is 0.330 e. The van der Waals surface area contributed by atoms with Crippen LogP contribution in [0.5, 0.6) is 5.75 Å². The Morgan fingerprint density at radius 3 is 2.67 bits per heavy atom. The van der Waals surface area contributed by atoms with Crippen LogP contribution in [-0.4, -0.2) is 38.9 Å². The van der Waals surface area contributed by atoms with Crippen molar-refractivity contribution < 1.29 is 27.7 Å². The van der Waals surface area contributed by atoms with Gasteiger partial charge in [-0.2, -0.15) is 0 Å². The number of rotatable bonds is 6. The van der Waals surface area contributed by atoms with Gasteiger partial charge in [-0.05, 0) is 19.1 Å². The molecule has 1 aliphatic heterocycles. The Balaban J connectivity index is 1.70. The number of para-hydroxylation sites is 1. The third-order valence-corrected chi connectivity index (χ3v) is 4.65. The molecule has 146 valence electrons. The minimum atomic E-state index is -2.92. The molecule has 1 fully saturated rings. The fourth-order valence-electron chi connectivity index (χ4n) is 2.67. The van der Waals surface area contributed by atoms with Gasteiger partial charge in [0, 0.05) is 12.3 Å². The van der Waals surface area contributed by atoms with Crippen molar-refractivity contribution in [3.8, 4) is 5.75 Å². The first-order chi connectivity index (χ1) is 12.7. The molecule has 8 nitrogen and oxygen atoms in total. The molecule has 0 amide bonds. The summed E-state index contributed by atoms with van der Waals surface area (Å²) in [5, 5.41) is 10.1. The summed E-state index contributed by atoms with van der Waals surface area (Å²) in [5.74, 6) is -2.43. The van der Waals surface area contributed by atoms with Crippen molar-refractivity contribution in [1.82, 2.24) is 9.55 Å². The van der Waals surface area contributed by atoms with E-state index in [1.54, 1.807) is 30.3 Å². The molecular formula is C16H17F2N2O6P. The second-order valence-corrected chi connectivity index (χ2v) is 6.77. The Labute approximate surface area is 153 Å². The molecule has 1 aliphatic rings. The van der Waals surface area contributed by atoms with E-state index in [-0.39, 0.29) is 0 Å². The van der Waals surface area contributed by atoms with Crippen LogP contribution >= 0.6 is 9.03 Å². The number of aliphatic hydroxyl groups is 1. The number of nitrogens with one attached hydrogen (secondary N) is 1. The standard InChI is InChI=1S/C16H17F2N2O6P/c1-15(17)12(22)16(18,9-24-27-26-10-5-3-2-4-6-10)25-13(15)20-8-7-11(21)19-14(20)23/h2-8,12-13,22,27H,9H2,1H3,(H,19,21,23)/t12-,13+,15+,16+/m0/s1. The largest absolute Gasteiger partial charge is 0.450 e. The first-order valence-electron chi connectivity index (χ1n) is 7.88. The summed E-state index contributed by atoms with van der Waals surface area (Å²) >= 11 is 0. The van der Waals surface area contributed by atoms with Crippen molar-refractivity contribution in [2.24, 2.45) is 0 Å². The van der Waals surface area contributed by atoms with Gasteiger partial charge in [-0.15, -0.1) is 0 Å². The van der Waals surface area contributed by atoms with Crippen molar-refractivity contribution in [2.45, 2.75) is 30.8 Å². The maximum absolute atomic E-state index is 15.0. The Hall–Kier alpha value is -2.13. The highest BCUT2D eigenvalue weighted by Crippen LogP contribution is 2.47. The van der Waals surface area contributed by atoms with Crippen LogP contribution in [0.1, 0.15) is 13.2 Å². The van der Waals surface area contributed by atoms with Crippen LogP contribution in [0.4, 0.5) is 8.78 Å². The lowest BCUT2D eigenvalue weighted by Crippen LogP contribution is -2.47. The molecule has 0 saturated carbocycles. The third-order valence-electron chi connectivity index (χ3n) is 4.07. The normalized spacial score (nSPS) is 30.8. The molecule has 0 aliphatic carbocycles. The van der Waals surface area contributed by atoms with Crippen LogP contribution in [0.3, 0.4) is 0 Å².